The van der Waals surface area contributed by atoms with E-state index in [9.17, 15) is 0 Å². The third-order valence-electron chi connectivity index (χ3n) is 1.80. The van der Waals surface area contributed by atoms with Crippen LogP contribution in [0.5, 0.6) is 0 Å². The van der Waals surface area contributed by atoms with Gasteiger partial charge >= 0.3 is 0 Å². The van der Waals surface area contributed by atoms with E-state index in [4.69, 9.17) is 0 Å². The molecule has 1 aromatic carbocycles. The molecule has 0 fully saturated rings. The van der Waals surface area contributed by atoms with Crippen LogP contribution in [-0.2, 0) is 6.42 Å². The van der Waals surface area contributed by atoms with E-state index in [1.54, 1.807) is 0 Å². The van der Waals surface area contributed by atoms with Crippen molar-refractivity contribution < 1.29 is 0 Å². The van der Waals surface area contributed by atoms with E-state index >= 15 is 0 Å². The molecule has 0 heteroatoms. The molecule has 59 valence electrons. The van der Waals surface area contributed by atoms with Crippen LogP contribution in [0.25, 0.3) is 0 Å². The van der Waals surface area contributed by atoms with Gasteiger partial charge in [-0.05, 0) is 31.7 Å². The molecule has 11 heavy (non-hydrogen) atoms. The molecule has 1 rings (SSSR count). The van der Waals surface area contributed by atoms with Crippen LogP contribution in [0.4, 0.5) is 0 Å². The number of unbranched alkanes of at least 4 members (excludes halogenated alkanes) is 1. The van der Waals surface area contributed by atoms with Crippen molar-refractivity contribution in [1.29, 1.82) is 0 Å². The van der Waals surface area contributed by atoms with Crippen LogP contribution in [0.15, 0.2) is 24.3 Å². The highest BCUT2D eigenvalue weighted by atomic mass is 14.0. The van der Waals surface area contributed by atoms with Gasteiger partial charge in [0.15, 0.2) is 0 Å². The Bertz CT molecular complexity index is 213. The molecule has 0 saturated carbocycles. The molecule has 0 amide bonds. The lowest BCUT2D eigenvalue weighted by Crippen LogP contribution is -1.84. The first kappa shape index (κ1) is 8.32. The van der Waals surface area contributed by atoms with Gasteiger partial charge in [0.05, 0.1) is 0 Å². The van der Waals surface area contributed by atoms with Gasteiger partial charge in [0, 0.05) is 0 Å². The summed E-state index contributed by atoms with van der Waals surface area (Å²) in [6, 6.07) is 8.71. The molecule has 0 aliphatic heterocycles. The molecule has 0 bridgehead atoms. The summed E-state index contributed by atoms with van der Waals surface area (Å²) in [5, 5.41) is 0. The van der Waals surface area contributed by atoms with E-state index in [0.29, 0.717) is 0 Å². The van der Waals surface area contributed by atoms with Crippen molar-refractivity contribution in [3.8, 4) is 0 Å². The normalized spacial score (nSPS) is 10.0. The summed E-state index contributed by atoms with van der Waals surface area (Å²) >= 11 is 0. The van der Waals surface area contributed by atoms with E-state index in [0.717, 1.165) is 0 Å². The zero-order chi connectivity index (χ0) is 8.10. The van der Waals surface area contributed by atoms with E-state index in [1.165, 1.54) is 24.0 Å². The Morgan fingerprint density at radius 2 is 2.18 bits per heavy atom. The van der Waals surface area contributed by atoms with E-state index < -0.39 is 0 Å². The summed E-state index contributed by atoms with van der Waals surface area (Å²) < 4.78 is 0. The highest BCUT2D eigenvalue weighted by molar-refractivity contribution is 5.22. The molecule has 0 saturated heterocycles. The van der Waals surface area contributed by atoms with Crippen LogP contribution in [0.3, 0.4) is 0 Å². The number of rotatable bonds is 3. The standard InChI is InChI=1S/C11H15/c1-3-4-7-11-8-5-6-10(2)9-11/h3,5-6,8-9H,4,7H2,1-2H3. The molecule has 0 heterocycles. The Hall–Kier alpha value is -0.780. The van der Waals surface area contributed by atoms with Crippen molar-refractivity contribution in [2.24, 2.45) is 0 Å². The Kier molecular flexibility index (Phi) is 3.15. The Morgan fingerprint density at radius 3 is 2.82 bits per heavy atom. The smallest absolute Gasteiger partial charge is 0.0276 e. The minimum atomic E-state index is 1.18. The van der Waals surface area contributed by atoms with Crippen LogP contribution in [0, 0.1) is 13.3 Å². The Morgan fingerprint density at radius 1 is 1.36 bits per heavy atom. The minimum Gasteiger partial charge on any atom is -0.0622 e. The molecule has 1 radical (unpaired) electrons. The maximum Gasteiger partial charge on any atom is -0.0276 e. The molecule has 0 unspecified atom stereocenters. The third-order valence-corrected chi connectivity index (χ3v) is 1.80. The van der Waals surface area contributed by atoms with Crippen molar-refractivity contribution in [2.45, 2.75) is 26.7 Å². The monoisotopic (exact) mass is 147 g/mol. The van der Waals surface area contributed by atoms with Gasteiger partial charge in [-0.3, -0.25) is 0 Å². The minimum absolute atomic E-state index is 1.18. The summed E-state index contributed by atoms with van der Waals surface area (Å²) in [4.78, 5) is 0. The van der Waals surface area contributed by atoms with Crippen molar-refractivity contribution in [3.05, 3.63) is 41.8 Å². The summed E-state index contributed by atoms with van der Waals surface area (Å²) in [5.74, 6) is 0. The van der Waals surface area contributed by atoms with Gasteiger partial charge in [-0.1, -0.05) is 36.8 Å². The quantitative estimate of drug-likeness (QED) is 0.616. The molecule has 0 nitrogen and oxygen atoms in total. The average molecular weight is 147 g/mol. The van der Waals surface area contributed by atoms with Gasteiger partial charge in [0.2, 0.25) is 0 Å². The molecule has 0 aromatic heterocycles. The Labute approximate surface area is 69.3 Å². The lowest BCUT2D eigenvalue weighted by molar-refractivity contribution is 0.935. The second-order valence-corrected chi connectivity index (χ2v) is 2.94. The van der Waals surface area contributed by atoms with Crippen molar-refractivity contribution in [2.75, 3.05) is 0 Å². The first-order chi connectivity index (χ1) is 5.33. The molecule has 0 spiro atoms. The van der Waals surface area contributed by atoms with Gasteiger partial charge in [-0.15, -0.1) is 0 Å². The fraction of sp³-hybridized carbons (Fsp3) is 0.364. The highest BCUT2D eigenvalue weighted by Gasteiger charge is 1.90. The predicted molar refractivity (Wildman–Crippen MR) is 49.5 cm³/mol. The Balaban J connectivity index is 2.56. The first-order valence-corrected chi connectivity index (χ1v) is 4.16. The topological polar surface area (TPSA) is 0 Å². The van der Waals surface area contributed by atoms with Crippen LogP contribution < -0.4 is 0 Å². The maximum absolute atomic E-state index is 2.25. The first-order valence-electron chi connectivity index (χ1n) is 4.16. The van der Waals surface area contributed by atoms with Crippen LogP contribution in [0.2, 0.25) is 0 Å². The van der Waals surface area contributed by atoms with Crippen molar-refractivity contribution >= 4 is 0 Å². The molecular weight excluding hydrogens is 132 g/mol. The second kappa shape index (κ2) is 4.17. The number of benzene rings is 1. The molecule has 1 aromatic rings. The van der Waals surface area contributed by atoms with Crippen molar-refractivity contribution in [3.63, 3.8) is 0 Å². The van der Waals surface area contributed by atoms with Gasteiger partial charge in [-0.25, -0.2) is 0 Å². The lowest BCUT2D eigenvalue weighted by atomic mass is 10.1. The number of hydrogen-bond donors (Lipinski definition) is 0. The fourth-order valence-corrected chi connectivity index (χ4v) is 1.18. The number of aryl methyl sites for hydroxylation is 2. The summed E-state index contributed by atoms with van der Waals surface area (Å²) in [6.45, 7) is 4.24. The van der Waals surface area contributed by atoms with Crippen LogP contribution >= 0.6 is 0 Å². The molecule has 0 N–H and O–H groups in total. The average Bonchev–Trinajstić information content (AvgIpc) is 2.01. The highest BCUT2D eigenvalue weighted by Crippen LogP contribution is 2.06. The molecular formula is C11H15. The van der Waals surface area contributed by atoms with Crippen LogP contribution in [-0.4, -0.2) is 0 Å². The van der Waals surface area contributed by atoms with E-state index in [1.807, 2.05) is 0 Å². The zero-order valence-corrected chi connectivity index (χ0v) is 7.30. The molecule has 0 atom stereocenters. The molecule has 0 aliphatic carbocycles. The number of hydrogen-bond acceptors (Lipinski definition) is 0. The van der Waals surface area contributed by atoms with E-state index in [2.05, 4.69) is 44.5 Å². The summed E-state index contributed by atoms with van der Waals surface area (Å²) in [7, 11) is 0. The fourth-order valence-electron chi connectivity index (χ4n) is 1.18. The van der Waals surface area contributed by atoms with Gasteiger partial charge in [0.25, 0.3) is 0 Å². The maximum atomic E-state index is 2.25. The van der Waals surface area contributed by atoms with E-state index in [-0.39, 0.29) is 0 Å². The third kappa shape index (κ3) is 2.75. The van der Waals surface area contributed by atoms with Crippen molar-refractivity contribution in [1.82, 2.24) is 0 Å². The largest absolute Gasteiger partial charge is 0.0622 e. The van der Waals surface area contributed by atoms with Gasteiger partial charge < -0.3 is 0 Å². The van der Waals surface area contributed by atoms with Gasteiger partial charge in [-0.2, -0.15) is 0 Å². The van der Waals surface area contributed by atoms with Gasteiger partial charge in [0.1, 0.15) is 0 Å². The second-order valence-electron chi connectivity index (χ2n) is 2.94. The molecule has 0 aliphatic rings. The van der Waals surface area contributed by atoms with Crippen LogP contribution in [0.1, 0.15) is 24.5 Å². The summed E-state index contributed by atoms with van der Waals surface area (Å²) in [5.41, 5.74) is 2.81. The predicted octanol–water partition coefficient (Wildman–Crippen LogP) is 3.15. The lowest BCUT2D eigenvalue weighted by Gasteiger charge is -1.99. The zero-order valence-electron chi connectivity index (χ0n) is 7.30. The summed E-state index contributed by atoms with van der Waals surface area (Å²) in [6.07, 6.45) is 4.57. The SMILES string of the molecule is C[CH]CCc1cccc(C)c1.